The number of hydrogen-bond acceptors (Lipinski definition) is 2. The Balaban J connectivity index is 1.61. The molecule has 1 heterocycles. The molecule has 0 aromatic heterocycles. The summed E-state index contributed by atoms with van der Waals surface area (Å²) in [6.07, 6.45) is 1.36. The fraction of sp³-hybridized carbons (Fsp3) is 0.429. The van der Waals surface area contributed by atoms with Gasteiger partial charge in [0.05, 0.1) is 0 Å². The van der Waals surface area contributed by atoms with Crippen molar-refractivity contribution in [3.63, 3.8) is 0 Å². The number of nitrogens with zero attached hydrogens (tertiary/aromatic N) is 1. The highest BCUT2D eigenvalue weighted by atomic mass is 16.5. The fourth-order valence-electron chi connectivity index (χ4n) is 3.71. The van der Waals surface area contributed by atoms with E-state index >= 15 is 0 Å². The molecule has 0 saturated carbocycles. The molecule has 1 fully saturated rings. The van der Waals surface area contributed by atoms with Gasteiger partial charge in [-0.05, 0) is 29.9 Å². The van der Waals surface area contributed by atoms with Crippen LogP contribution < -0.4 is 4.74 Å². The maximum atomic E-state index is 6.12. The second kappa shape index (κ2) is 7.65. The van der Waals surface area contributed by atoms with Crippen LogP contribution in [0.5, 0.6) is 5.75 Å². The minimum Gasteiger partial charge on any atom is -0.492 e. The van der Waals surface area contributed by atoms with Gasteiger partial charge in [0, 0.05) is 25.2 Å². The van der Waals surface area contributed by atoms with Crippen LogP contribution in [-0.2, 0) is 0 Å². The van der Waals surface area contributed by atoms with Crippen molar-refractivity contribution in [2.45, 2.75) is 20.3 Å². The Morgan fingerprint density at radius 2 is 1.57 bits per heavy atom. The molecule has 0 aliphatic carbocycles. The van der Waals surface area contributed by atoms with E-state index in [1.54, 1.807) is 0 Å². The zero-order chi connectivity index (χ0) is 16.1. The number of piperidine rings is 1. The topological polar surface area (TPSA) is 12.5 Å². The maximum absolute atomic E-state index is 6.12. The van der Waals surface area contributed by atoms with Crippen molar-refractivity contribution in [2.24, 2.45) is 11.8 Å². The van der Waals surface area contributed by atoms with Gasteiger partial charge in [0.25, 0.3) is 0 Å². The minimum atomic E-state index is 0.753. The molecule has 2 heteroatoms. The molecule has 2 nitrogen and oxygen atoms in total. The van der Waals surface area contributed by atoms with Crippen LogP contribution in [0.3, 0.4) is 0 Å². The average Bonchev–Trinajstić information content (AvgIpc) is 2.55. The Labute approximate surface area is 140 Å². The van der Waals surface area contributed by atoms with Gasteiger partial charge in [-0.2, -0.15) is 0 Å². The van der Waals surface area contributed by atoms with Crippen LogP contribution in [0.25, 0.3) is 11.1 Å². The largest absolute Gasteiger partial charge is 0.492 e. The Hall–Kier alpha value is -1.80. The first-order chi connectivity index (χ1) is 11.2. The van der Waals surface area contributed by atoms with Gasteiger partial charge in [0.2, 0.25) is 0 Å². The first-order valence-corrected chi connectivity index (χ1v) is 8.72. The lowest BCUT2D eigenvalue weighted by atomic mass is 9.92. The SMILES string of the molecule is C[C@H]1C[C@H](C)CN(CCOc2ccccc2-c2ccccc2)C1. The van der Waals surface area contributed by atoms with E-state index in [4.69, 9.17) is 4.74 Å². The van der Waals surface area contributed by atoms with E-state index in [2.05, 4.69) is 61.2 Å². The monoisotopic (exact) mass is 309 g/mol. The van der Waals surface area contributed by atoms with Crippen LogP contribution in [-0.4, -0.2) is 31.1 Å². The number of rotatable bonds is 5. The Morgan fingerprint density at radius 3 is 2.30 bits per heavy atom. The van der Waals surface area contributed by atoms with Gasteiger partial charge in [-0.3, -0.25) is 4.90 Å². The molecule has 3 rings (SSSR count). The van der Waals surface area contributed by atoms with E-state index in [-0.39, 0.29) is 0 Å². The molecule has 0 unspecified atom stereocenters. The zero-order valence-electron chi connectivity index (χ0n) is 14.2. The summed E-state index contributed by atoms with van der Waals surface area (Å²) in [4.78, 5) is 2.55. The van der Waals surface area contributed by atoms with Gasteiger partial charge in [-0.15, -0.1) is 0 Å². The maximum Gasteiger partial charge on any atom is 0.127 e. The molecule has 23 heavy (non-hydrogen) atoms. The lowest BCUT2D eigenvalue weighted by molar-refractivity contribution is 0.121. The van der Waals surface area contributed by atoms with Gasteiger partial charge < -0.3 is 4.74 Å². The third-order valence-corrected chi connectivity index (χ3v) is 4.58. The highest BCUT2D eigenvalue weighted by Gasteiger charge is 2.21. The minimum absolute atomic E-state index is 0.753. The molecule has 0 radical (unpaired) electrons. The third-order valence-electron chi connectivity index (χ3n) is 4.58. The molecule has 0 amide bonds. The van der Waals surface area contributed by atoms with Crippen molar-refractivity contribution >= 4 is 0 Å². The first-order valence-electron chi connectivity index (χ1n) is 8.72. The van der Waals surface area contributed by atoms with Crippen molar-refractivity contribution < 1.29 is 4.74 Å². The van der Waals surface area contributed by atoms with E-state index in [1.165, 1.54) is 30.6 Å². The molecule has 0 spiro atoms. The van der Waals surface area contributed by atoms with Crippen LogP contribution in [0.4, 0.5) is 0 Å². The quantitative estimate of drug-likeness (QED) is 0.793. The predicted molar refractivity (Wildman–Crippen MR) is 96.8 cm³/mol. The molecule has 122 valence electrons. The molecule has 0 bridgehead atoms. The highest BCUT2D eigenvalue weighted by Crippen LogP contribution is 2.29. The molecule has 0 N–H and O–H groups in total. The Bertz CT molecular complexity index is 600. The number of likely N-dealkylation sites (tertiary alicyclic amines) is 1. The second-order valence-electron chi connectivity index (χ2n) is 6.92. The van der Waals surface area contributed by atoms with E-state index in [0.717, 1.165) is 30.7 Å². The normalized spacial score (nSPS) is 22.0. The Kier molecular flexibility index (Phi) is 5.35. The van der Waals surface area contributed by atoms with E-state index < -0.39 is 0 Å². The smallest absolute Gasteiger partial charge is 0.127 e. The van der Waals surface area contributed by atoms with Crippen LogP contribution in [0, 0.1) is 11.8 Å². The number of para-hydroxylation sites is 1. The lowest BCUT2D eigenvalue weighted by Gasteiger charge is -2.34. The molecule has 2 aromatic carbocycles. The number of ether oxygens (including phenoxy) is 1. The van der Waals surface area contributed by atoms with Gasteiger partial charge in [-0.1, -0.05) is 62.4 Å². The molecule has 1 aliphatic heterocycles. The van der Waals surface area contributed by atoms with Crippen LogP contribution >= 0.6 is 0 Å². The zero-order valence-corrected chi connectivity index (χ0v) is 14.2. The molecule has 1 saturated heterocycles. The van der Waals surface area contributed by atoms with Gasteiger partial charge in [-0.25, -0.2) is 0 Å². The molecular weight excluding hydrogens is 282 g/mol. The highest BCUT2D eigenvalue weighted by molar-refractivity contribution is 5.70. The van der Waals surface area contributed by atoms with Crippen molar-refractivity contribution in [3.8, 4) is 16.9 Å². The first kappa shape index (κ1) is 16.1. The van der Waals surface area contributed by atoms with Crippen molar-refractivity contribution in [1.82, 2.24) is 4.90 Å². The van der Waals surface area contributed by atoms with E-state index in [0.29, 0.717) is 0 Å². The summed E-state index contributed by atoms with van der Waals surface area (Å²) in [5.41, 5.74) is 2.39. The van der Waals surface area contributed by atoms with E-state index in [1.807, 2.05) is 12.1 Å². The van der Waals surface area contributed by atoms with Gasteiger partial charge in [0.15, 0.2) is 0 Å². The second-order valence-corrected chi connectivity index (χ2v) is 6.92. The number of benzene rings is 2. The average molecular weight is 309 g/mol. The summed E-state index contributed by atoms with van der Waals surface area (Å²) >= 11 is 0. The molecular formula is C21H27NO. The third kappa shape index (κ3) is 4.35. The standard InChI is InChI=1S/C21H27NO/c1-17-14-18(2)16-22(15-17)12-13-23-21-11-7-6-10-20(21)19-8-4-3-5-9-19/h3-11,17-18H,12-16H2,1-2H3/t17-,18-/m0/s1. The molecule has 2 aromatic rings. The summed E-state index contributed by atoms with van der Waals surface area (Å²) < 4.78 is 6.12. The van der Waals surface area contributed by atoms with Crippen molar-refractivity contribution in [3.05, 3.63) is 54.6 Å². The van der Waals surface area contributed by atoms with Crippen LogP contribution in [0.1, 0.15) is 20.3 Å². The summed E-state index contributed by atoms with van der Waals surface area (Å²) in [6, 6.07) is 18.8. The van der Waals surface area contributed by atoms with Crippen LogP contribution in [0.15, 0.2) is 54.6 Å². The van der Waals surface area contributed by atoms with E-state index in [9.17, 15) is 0 Å². The lowest BCUT2D eigenvalue weighted by Crippen LogP contribution is -2.40. The Morgan fingerprint density at radius 1 is 0.913 bits per heavy atom. The van der Waals surface area contributed by atoms with Crippen molar-refractivity contribution in [2.75, 3.05) is 26.2 Å². The van der Waals surface area contributed by atoms with Gasteiger partial charge in [0.1, 0.15) is 12.4 Å². The fourth-order valence-corrected chi connectivity index (χ4v) is 3.71. The summed E-state index contributed by atoms with van der Waals surface area (Å²) in [6.45, 7) is 8.88. The molecule has 1 aliphatic rings. The van der Waals surface area contributed by atoms with Crippen LogP contribution in [0.2, 0.25) is 0 Å². The number of hydrogen-bond donors (Lipinski definition) is 0. The predicted octanol–water partition coefficient (Wildman–Crippen LogP) is 4.71. The van der Waals surface area contributed by atoms with Crippen molar-refractivity contribution in [1.29, 1.82) is 0 Å². The summed E-state index contributed by atoms with van der Waals surface area (Å²) in [5, 5.41) is 0. The summed E-state index contributed by atoms with van der Waals surface area (Å²) in [7, 11) is 0. The summed E-state index contributed by atoms with van der Waals surface area (Å²) in [5.74, 6) is 2.59. The van der Waals surface area contributed by atoms with Gasteiger partial charge >= 0.3 is 0 Å². The molecule has 2 atom stereocenters.